The van der Waals surface area contributed by atoms with E-state index in [1.54, 1.807) is 0 Å². The third-order valence-electron chi connectivity index (χ3n) is 1.99. The molecule has 7 nitrogen and oxygen atoms in total. The Kier molecular flexibility index (Phi) is 4.29. The molecule has 96 valence electrons. The third-order valence-corrected chi connectivity index (χ3v) is 2.89. The van der Waals surface area contributed by atoms with Crippen LogP contribution in [0.5, 0.6) is 5.75 Å². The van der Waals surface area contributed by atoms with E-state index in [4.69, 9.17) is 14.8 Å². The van der Waals surface area contributed by atoms with Crippen molar-refractivity contribution in [1.29, 1.82) is 0 Å². The molecule has 1 aromatic carbocycles. The average Bonchev–Trinajstić information content (AvgIpc) is 2.24. The molecule has 0 aliphatic rings. The molecule has 17 heavy (non-hydrogen) atoms. The fourth-order valence-corrected chi connectivity index (χ4v) is 1.71. The number of rotatable bonds is 5. The van der Waals surface area contributed by atoms with Crippen LogP contribution in [0.1, 0.15) is 0 Å². The van der Waals surface area contributed by atoms with E-state index in [1.165, 1.54) is 6.07 Å². The summed E-state index contributed by atoms with van der Waals surface area (Å²) in [4.78, 5) is -0.592. The number of aromatic hydroxyl groups is 1. The van der Waals surface area contributed by atoms with Crippen molar-refractivity contribution in [1.82, 2.24) is 0 Å². The van der Waals surface area contributed by atoms with Gasteiger partial charge < -0.3 is 20.6 Å². The van der Waals surface area contributed by atoms with E-state index in [1.807, 2.05) is 0 Å². The van der Waals surface area contributed by atoms with E-state index >= 15 is 0 Å². The minimum absolute atomic E-state index is 0.0428. The number of benzene rings is 1. The summed E-state index contributed by atoms with van der Waals surface area (Å²) in [5, 5.41) is 29.7. The van der Waals surface area contributed by atoms with E-state index in [-0.39, 0.29) is 6.54 Å². The van der Waals surface area contributed by atoms with Gasteiger partial charge in [-0.15, -0.1) is 0 Å². The maximum absolute atomic E-state index is 10.8. The lowest BCUT2D eigenvalue weighted by molar-refractivity contribution is 0.105. The van der Waals surface area contributed by atoms with Gasteiger partial charge in [-0.25, -0.2) is 0 Å². The van der Waals surface area contributed by atoms with Gasteiger partial charge in [-0.1, -0.05) is 0 Å². The molecule has 0 fully saturated rings. The third kappa shape index (κ3) is 3.86. The van der Waals surface area contributed by atoms with E-state index < -0.39 is 33.5 Å². The molecule has 0 aliphatic carbocycles. The Morgan fingerprint density at radius 2 is 2.00 bits per heavy atom. The fourth-order valence-electron chi connectivity index (χ4n) is 1.15. The summed E-state index contributed by atoms with van der Waals surface area (Å²) in [5.74, 6) is -0.601. The zero-order chi connectivity index (χ0) is 13.1. The van der Waals surface area contributed by atoms with Crippen LogP contribution >= 0.6 is 0 Å². The Morgan fingerprint density at radius 1 is 1.35 bits per heavy atom. The van der Waals surface area contributed by atoms with Crippen molar-refractivity contribution in [2.45, 2.75) is 11.0 Å². The van der Waals surface area contributed by atoms with Gasteiger partial charge in [0.1, 0.15) is 10.6 Å². The second-order valence-corrected chi connectivity index (χ2v) is 4.76. The summed E-state index contributed by atoms with van der Waals surface area (Å²) in [6.07, 6.45) is -0.960. The van der Waals surface area contributed by atoms with Crippen LogP contribution in [0.25, 0.3) is 0 Å². The van der Waals surface area contributed by atoms with Crippen molar-refractivity contribution in [2.75, 3.05) is 18.5 Å². The van der Waals surface area contributed by atoms with E-state index in [9.17, 15) is 13.5 Å². The van der Waals surface area contributed by atoms with E-state index in [0.29, 0.717) is 5.69 Å². The lowest BCUT2D eigenvalue weighted by Crippen LogP contribution is -2.22. The highest BCUT2D eigenvalue weighted by atomic mass is 32.2. The van der Waals surface area contributed by atoms with Crippen LogP contribution < -0.4 is 5.32 Å². The molecule has 0 aromatic heterocycles. The average molecular weight is 263 g/mol. The minimum atomic E-state index is -4.45. The Bertz CT molecular complexity index is 486. The predicted molar refractivity (Wildman–Crippen MR) is 59.5 cm³/mol. The molecule has 0 spiro atoms. The Balaban J connectivity index is 2.83. The van der Waals surface area contributed by atoms with Gasteiger partial charge in [-0.2, -0.15) is 8.42 Å². The summed E-state index contributed by atoms with van der Waals surface area (Å²) in [7, 11) is -4.45. The molecular weight excluding hydrogens is 250 g/mol. The van der Waals surface area contributed by atoms with Crippen LogP contribution in [-0.4, -0.2) is 47.5 Å². The molecule has 0 saturated heterocycles. The van der Waals surface area contributed by atoms with Gasteiger partial charge in [-0.3, -0.25) is 4.55 Å². The number of phenolic OH excluding ortho intramolecular Hbond substituents is 1. The maximum Gasteiger partial charge on any atom is 0.298 e. The van der Waals surface area contributed by atoms with Crippen LogP contribution in [0.3, 0.4) is 0 Å². The van der Waals surface area contributed by atoms with Gasteiger partial charge in [0.15, 0.2) is 0 Å². The normalized spacial score (nSPS) is 13.4. The highest BCUT2D eigenvalue weighted by molar-refractivity contribution is 7.86. The SMILES string of the molecule is O=S(=O)(O)c1ccc(NCC(O)CO)cc1O. The molecule has 1 atom stereocenters. The zero-order valence-electron chi connectivity index (χ0n) is 8.74. The van der Waals surface area contributed by atoms with Crippen LogP contribution in [0.4, 0.5) is 5.69 Å². The molecule has 0 amide bonds. The molecule has 1 aromatic rings. The number of hydrogen-bond acceptors (Lipinski definition) is 6. The number of aliphatic hydroxyl groups excluding tert-OH is 2. The number of anilines is 1. The number of phenols is 1. The first-order valence-electron chi connectivity index (χ1n) is 4.68. The second-order valence-electron chi connectivity index (χ2n) is 3.37. The smallest absolute Gasteiger partial charge is 0.298 e. The van der Waals surface area contributed by atoms with Crippen LogP contribution in [0.2, 0.25) is 0 Å². The van der Waals surface area contributed by atoms with Gasteiger partial charge in [0.25, 0.3) is 10.1 Å². The molecule has 1 unspecified atom stereocenters. The summed E-state index contributed by atoms with van der Waals surface area (Å²) in [5.41, 5.74) is 0.349. The monoisotopic (exact) mass is 263 g/mol. The fraction of sp³-hybridized carbons (Fsp3) is 0.333. The largest absolute Gasteiger partial charge is 0.506 e. The predicted octanol–water partition coefficient (Wildman–Crippen LogP) is -0.596. The number of hydrogen-bond donors (Lipinski definition) is 5. The molecule has 5 N–H and O–H groups in total. The number of aliphatic hydroxyl groups is 2. The summed E-state index contributed by atoms with van der Waals surface area (Å²) < 4.78 is 30.3. The first-order valence-corrected chi connectivity index (χ1v) is 6.12. The molecular formula is C9H13NO6S. The quantitative estimate of drug-likeness (QED) is 0.449. The first-order chi connectivity index (χ1) is 7.84. The molecule has 0 bridgehead atoms. The second kappa shape index (κ2) is 5.32. The lowest BCUT2D eigenvalue weighted by atomic mass is 10.3. The Morgan fingerprint density at radius 3 is 2.47 bits per heavy atom. The molecule has 1 rings (SSSR count). The molecule has 0 radical (unpaired) electrons. The van der Waals surface area contributed by atoms with Crippen molar-refractivity contribution in [2.24, 2.45) is 0 Å². The highest BCUT2D eigenvalue weighted by Gasteiger charge is 2.15. The maximum atomic E-state index is 10.8. The van der Waals surface area contributed by atoms with E-state index in [2.05, 4.69) is 5.32 Å². The Labute approximate surface area is 98.1 Å². The van der Waals surface area contributed by atoms with Crippen molar-refractivity contribution in [3.05, 3.63) is 18.2 Å². The van der Waals surface area contributed by atoms with Gasteiger partial charge in [0, 0.05) is 18.3 Å². The zero-order valence-corrected chi connectivity index (χ0v) is 9.55. The number of nitrogens with one attached hydrogen (secondary N) is 1. The lowest BCUT2D eigenvalue weighted by Gasteiger charge is -2.11. The molecule has 0 saturated carbocycles. The van der Waals surface area contributed by atoms with Crippen molar-refractivity contribution in [3.8, 4) is 5.75 Å². The molecule has 0 heterocycles. The van der Waals surface area contributed by atoms with Crippen LogP contribution in [0, 0.1) is 0 Å². The molecule has 8 heteroatoms. The van der Waals surface area contributed by atoms with Crippen molar-refractivity contribution < 1.29 is 28.3 Å². The standard InChI is InChI=1S/C9H13NO6S/c11-5-7(12)4-10-6-1-2-9(8(13)3-6)17(14,15)16/h1-3,7,10-13H,4-5H2,(H,14,15,16). The first kappa shape index (κ1) is 13.7. The molecule has 0 aliphatic heterocycles. The highest BCUT2D eigenvalue weighted by Crippen LogP contribution is 2.25. The summed E-state index contributed by atoms with van der Waals surface area (Å²) in [6, 6.07) is 3.43. The van der Waals surface area contributed by atoms with Gasteiger partial charge >= 0.3 is 0 Å². The van der Waals surface area contributed by atoms with Crippen LogP contribution in [-0.2, 0) is 10.1 Å². The van der Waals surface area contributed by atoms with Crippen LogP contribution in [0.15, 0.2) is 23.1 Å². The van der Waals surface area contributed by atoms with Gasteiger partial charge in [-0.05, 0) is 12.1 Å². The summed E-state index contributed by atoms with van der Waals surface area (Å²) in [6.45, 7) is -0.372. The van der Waals surface area contributed by atoms with E-state index in [0.717, 1.165) is 12.1 Å². The van der Waals surface area contributed by atoms with Gasteiger partial charge in [0.05, 0.1) is 12.7 Å². The Hall–Kier alpha value is -1.35. The summed E-state index contributed by atoms with van der Waals surface area (Å²) >= 11 is 0. The topological polar surface area (TPSA) is 127 Å². The van der Waals surface area contributed by atoms with Crippen molar-refractivity contribution in [3.63, 3.8) is 0 Å². The van der Waals surface area contributed by atoms with Crippen molar-refractivity contribution >= 4 is 15.8 Å². The van der Waals surface area contributed by atoms with Gasteiger partial charge in [0.2, 0.25) is 0 Å². The minimum Gasteiger partial charge on any atom is -0.506 e.